The fourth-order valence-corrected chi connectivity index (χ4v) is 24.4. The van der Waals surface area contributed by atoms with Gasteiger partial charge in [0.2, 0.25) is 0 Å². The van der Waals surface area contributed by atoms with Gasteiger partial charge in [0.05, 0.1) is 0 Å². The van der Waals surface area contributed by atoms with E-state index in [-0.39, 0.29) is 11.5 Å². The summed E-state index contributed by atoms with van der Waals surface area (Å²) in [6, 6.07) is 66.5. The minimum absolute atomic E-state index is 0.244. The molecular weight excluding hydrogens is 1050 g/mol. The van der Waals surface area contributed by atoms with Crippen molar-refractivity contribution in [3.63, 3.8) is 0 Å². The zero-order valence-electron chi connectivity index (χ0n) is 52.5. The molecule has 0 saturated carbocycles. The lowest BCUT2D eigenvalue weighted by molar-refractivity contribution is 0.474. The minimum atomic E-state index is -3.59. The van der Waals surface area contributed by atoms with Crippen LogP contribution in [0.25, 0.3) is 32.7 Å². The van der Waals surface area contributed by atoms with Gasteiger partial charge in [-0.25, -0.2) is 0 Å². The van der Waals surface area contributed by atoms with Crippen molar-refractivity contribution < 1.29 is 10.2 Å². The summed E-state index contributed by atoms with van der Waals surface area (Å²) in [6.07, 6.45) is 10.7. The lowest BCUT2D eigenvalue weighted by atomic mass is 9.92. The molecule has 0 amide bonds. The smallest absolute Gasteiger partial charge is 0.184 e. The maximum absolute atomic E-state index is 14.8. The van der Waals surface area contributed by atoms with Crippen LogP contribution in [0.2, 0.25) is 0 Å². The topological polar surface area (TPSA) is 40.5 Å². The molecule has 10 aromatic rings. The lowest BCUT2D eigenvalue weighted by Gasteiger charge is -2.38. The number of phenols is 2. The van der Waals surface area contributed by atoms with E-state index in [4.69, 9.17) is 0 Å². The fraction of sp³-hybridized carbons (Fsp3) is 0.300. The van der Waals surface area contributed by atoms with Gasteiger partial charge in [-0.3, -0.25) is 0 Å². The third-order valence-corrected chi connectivity index (χ3v) is 28.2. The largest absolute Gasteiger partial charge is 0.507 e. The molecule has 0 atom stereocenters. The van der Waals surface area contributed by atoms with Crippen molar-refractivity contribution in [1.82, 2.24) is 0 Å². The number of rotatable bonds is 21. The van der Waals surface area contributed by atoms with Crippen molar-refractivity contribution in [3.05, 3.63) is 237 Å². The molecule has 10 rings (SSSR count). The highest BCUT2D eigenvalue weighted by Gasteiger charge is 2.48. The number of phenolic OH excluding ortho intramolecular Hbond substituents is 2. The average Bonchev–Trinajstić information content (AvgIpc) is 0.965. The van der Waals surface area contributed by atoms with E-state index in [1.54, 1.807) is 0 Å². The van der Waals surface area contributed by atoms with Gasteiger partial charge in [0.25, 0.3) is 0 Å². The summed E-state index contributed by atoms with van der Waals surface area (Å²) >= 11 is 0. The van der Waals surface area contributed by atoms with E-state index in [1.165, 1.54) is 97.9 Å². The number of benzene rings is 10. The highest BCUT2D eigenvalue weighted by Crippen LogP contribution is 2.45. The summed E-state index contributed by atoms with van der Waals surface area (Å²) in [5.74, 6) is 0.489. The Hall–Kier alpha value is -7.25. The Kier molecular flexibility index (Phi) is 18.2. The number of hydrogen-bond donors (Lipinski definition) is 2. The Balaban J connectivity index is 1.49. The molecule has 0 bridgehead atoms. The van der Waals surface area contributed by atoms with Gasteiger partial charge in [-0.2, -0.15) is 0 Å². The van der Waals surface area contributed by atoms with Crippen LogP contribution < -0.4 is 41.5 Å². The molecule has 430 valence electrons. The SMILES string of the molecule is CCc1cc(CC)cc([Si](c2cc(CC)cc(CC)c2)(c2cc(CC)cc(CC)c2)c2cc3ccccc3c(-c3c(O)c([Si](c4cc(CC)cc(CC)c4)(c4cc(CC)cc(CC)c4)c4cc(CC)cc(CC)c4)cc4ccccc34)c2O)c1. The van der Waals surface area contributed by atoms with Crippen molar-refractivity contribution in [2.75, 3.05) is 0 Å². The number of aryl methyl sites for hydroxylation is 12. The highest BCUT2D eigenvalue weighted by molar-refractivity contribution is 7.21. The van der Waals surface area contributed by atoms with E-state index >= 15 is 0 Å². The van der Waals surface area contributed by atoms with Gasteiger partial charge < -0.3 is 10.2 Å². The molecule has 84 heavy (non-hydrogen) atoms. The fourth-order valence-electron chi connectivity index (χ4n) is 14.0. The zero-order valence-corrected chi connectivity index (χ0v) is 54.5. The van der Waals surface area contributed by atoms with Crippen LogP contribution in [-0.4, -0.2) is 26.4 Å². The molecule has 0 aliphatic carbocycles. The molecule has 0 aliphatic heterocycles. The molecular formula is C80H90O2Si2. The van der Waals surface area contributed by atoms with Crippen molar-refractivity contribution in [1.29, 1.82) is 0 Å². The second-order valence-corrected chi connectivity index (χ2v) is 31.3. The predicted octanol–water partition coefficient (Wildman–Crippen LogP) is 14.6. The summed E-state index contributed by atoms with van der Waals surface area (Å²) in [6.45, 7) is 27.4. The normalized spacial score (nSPS) is 12.0. The maximum Gasteiger partial charge on any atom is 0.184 e. The second-order valence-electron chi connectivity index (χ2n) is 23.7. The van der Waals surface area contributed by atoms with Gasteiger partial charge in [0, 0.05) is 11.1 Å². The van der Waals surface area contributed by atoms with Crippen LogP contribution in [0, 0.1) is 0 Å². The van der Waals surface area contributed by atoms with Crippen LogP contribution in [0.5, 0.6) is 11.5 Å². The molecule has 0 aromatic heterocycles. The molecule has 10 aromatic carbocycles. The first-order chi connectivity index (χ1) is 40.8. The monoisotopic (exact) mass is 1140 g/mol. The Morgan fingerprint density at radius 1 is 0.238 bits per heavy atom. The number of fused-ring (bicyclic) bond motifs is 2. The third kappa shape index (κ3) is 10.7. The summed E-state index contributed by atoms with van der Waals surface area (Å²) in [4.78, 5) is 0. The summed E-state index contributed by atoms with van der Waals surface area (Å²) in [7, 11) is -7.18. The number of hydrogen-bond acceptors (Lipinski definition) is 2. The maximum atomic E-state index is 14.8. The molecule has 2 N–H and O–H groups in total. The van der Waals surface area contributed by atoms with Gasteiger partial charge in [0.1, 0.15) is 11.5 Å². The van der Waals surface area contributed by atoms with Crippen molar-refractivity contribution in [3.8, 4) is 22.6 Å². The molecule has 0 aliphatic rings. The first-order valence-corrected chi connectivity index (χ1v) is 36.1. The van der Waals surface area contributed by atoms with Crippen molar-refractivity contribution >= 4 is 79.2 Å². The lowest BCUT2D eigenvalue weighted by Crippen LogP contribution is -2.75. The Labute approximate surface area is 505 Å². The number of aromatic hydroxyl groups is 2. The Morgan fingerprint density at radius 3 is 0.595 bits per heavy atom. The standard InChI is InChI=1S/C80H90O2Si2/c1-13-53-33-54(14-2)40-67(39-53)83(68-41-55(15-3)34-56(16-4)42-68,69-43-57(17-5)35-58(18-6)44-69)75-51-65-29-25-27-31-73(65)77(79(75)81)78-74-32-28-26-30-66(74)52-76(80(78)82)84(70-45-59(19-7)36-60(20-8)46-70,71-47-61(21-9)37-62(22-10)48-71)72-49-63(23-11)38-64(24-12)50-72/h25-52,81-82H,13-24H2,1-12H3. The van der Waals surface area contributed by atoms with Crippen LogP contribution >= 0.6 is 0 Å². The molecule has 0 fully saturated rings. The minimum Gasteiger partial charge on any atom is -0.507 e. The van der Waals surface area contributed by atoms with E-state index < -0.39 is 16.1 Å². The van der Waals surface area contributed by atoms with Gasteiger partial charge >= 0.3 is 0 Å². The summed E-state index contributed by atoms with van der Waals surface area (Å²) in [5.41, 5.74) is 17.0. The van der Waals surface area contributed by atoms with Crippen LogP contribution in [0.15, 0.2) is 170 Å². The van der Waals surface area contributed by atoms with Crippen LogP contribution in [0.3, 0.4) is 0 Å². The van der Waals surface area contributed by atoms with Crippen LogP contribution in [0.4, 0.5) is 0 Å². The molecule has 0 unspecified atom stereocenters. The zero-order chi connectivity index (χ0) is 59.5. The third-order valence-electron chi connectivity index (χ3n) is 18.9. The molecule has 0 heterocycles. The van der Waals surface area contributed by atoms with Crippen molar-refractivity contribution in [2.24, 2.45) is 0 Å². The quantitative estimate of drug-likeness (QED) is 0.0556. The van der Waals surface area contributed by atoms with Crippen LogP contribution in [-0.2, 0) is 77.0 Å². The van der Waals surface area contributed by atoms with Gasteiger partial charge in [-0.05, 0) is 207 Å². The Bertz CT molecular complexity index is 3380. The van der Waals surface area contributed by atoms with E-state index in [2.05, 4.69) is 253 Å². The average molecular weight is 1140 g/mol. The van der Waals surface area contributed by atoms with E-state index in [1.807, 2.05) is 0 Å². The van der Waals surface area contributed by atoms with Gasteiger partial charge in [0.15, 0.2) is 16.1 Å². The van der Waals surface area contributed by atoms with E-state index in [9.17, 15) is 10.2 Å². The van der Waals surface area contributed by atoms with E-state index in [0.29, 0.717) is 11.1 Å². The summed E-state index contributed by atoms with van der Waals surface area (Å²) < 4.78 is 0. The van der Waals surface area contributed by atoms with Crippen molar-refractivity contribution in [2.45, 2.75) is 160 Å². The van der Waals surface area contributed by atoms with Gasteiger partial charge in [-0.1, -0.05) is 253 Å². The predicted molar refractivity (Wildman–Crippen MR) is 370 cm³/mol. The first kappa shape index (κ1) is 59.9. The first-order valence-electron chi connectivity index (χ1n) is 32.1. The summed E-state index contributed by atoms with van der Waals surface area (Å²) in [5, 5.41) is 43.1. The second kappa shape index (κ2) is 25.5. The molecule has 2 nitrogen and oxygen atoms in total. The van der Waals surface area contributed by atoms with Crippen LogP contribution in [0.1, 0.15) is 150 Å². The van der Waals surface area contributed by atoms with Gasteiger partial charge in [-0.15, -0.1) is 0 Å². The molecule has 0 radical (unpaired) electrons. The molecule has 0 saturated heterocycles. The van der Waals surface area contributed by atoms with E-state index in [0.717, 1.165) is 109 Å². The molecule has 0 spiro atoms. The Morgan fingerprint density at radius 2 is 0.417 bits per heavy atom. The molecule has 4 heteroatoms. The highest BCUT2D eigenvalue weighted by atomic mass is 28.3.